The van der Waals surface area contributed by atoms with Crippen LogP contribution in [0.5, 0.6) is 0 Å². The molecule has 4 nitrogen and oxygen atoms in total. The van der Waals surface area contributed by atoms with Crippen molar-refractivity contribution in [2.75, 3.05) is 6.54 Å². The summed E-state index contributed by atoms with van der Waals surface area (Å²) in [5, 5.41) is 14.8. The minimum atomic E-state index is -0.843. The first kappa shape index (κ1) is 24.9. The number of alkyl halides is 1. The van der Waals surface area contributed by atoms with Crippen molar-refractivity contribution in [3.8, 4) is 0 Å². The fraction of sp³-hybridized carbons (Fsp3) is 0.606. The Morgan fingerprint density at radius 2 is 2.08 bits per heavy atom. The van der Waals surface area contributed by atoms with Gasteiger partial charge in [0.25, 0.3) is 0 Å². The van der Waals surface area contributed by atoms with Gasteiger partial charge in [-0.3, -0.25) is 4.98 Å². The van der Waals surface area contributed by atoms with E-state index in [0.29, 0.717) is 31.2 Å². The Morgan fingerprint density at radius 1 is 1.18 bits per heavy atom. The van der Waals surface area contributed by atoms with Gasteiger partial charge in [0.05, 0.1) is 11.2 Å². The second-order valence-corrected chi connectivity index (χ2v) is 13.0. The zero-order chi connectivity index (χ0) is 26.1. The number of benzene rings is 1. The highest BCUT2D eigenvalue weighted by atomic mass is 19.1. The summed E-state index contributed by atoms with van der Waals surface area (Å²) < 4.78 is 21.3. The fourth-order valence-corrected chi connectivity index (χ4v) is 9.16. The van der Waals surface area contributed by atoms with Crippen LogP contribution in [0.1, 0.15) is 89.5 Å². The van der Waals surface area contributed by atoms with Gasteiger partial charge in [0.15, 0.2) is 0 Å². The second kappa shape index (κ2) is 8.97. The summed E-state index contributed by atoms with van der Waals surface area (Å²) in [6, 6.07) is 9.10. The van der Waals surface area contributed by atoms with Gasteiger partial charge in [-0.05, 0) is 116 Å². The van der Waals surface area contributed by atoms with Crippen LogP contribution in [0.25, 0.3) is 10.8 Å². The summed E-state index contributed by atoms with van der Waals surface area (Å²) in [4.78, 5) is 4.37. The Hall–Kier alpha value is -2.08. The van der Waals surface area contributed by atoms with E-state index in [2.05, 4.69) is 48.3 Å². The number of allylic oxidation sites excluding steroid dienone is 1. The molecule has 1 aromatic carbocycles. The van der Waals surface area contributed by atoms with Crippen molar-refractivity contribution < 1.29 is 14.3 Å². The summed E-state index contributed by atoms with van der Waals surface area (Å²) in [6.45, 7) is 4.78. The molecule has 1 unspecified atom stereocenters. The van der Waals surface area contributed by atoms with Crippen LogP contribution in [-0.2, 0) is 4.74 Å². The van der Waals surface area contributed by atoms with Gasteiger partial charge in [-0.1, -0.05) is 38.1 Å². The average molecular weight is 517 g/mol. The highest BCUT2D eigenvalue weighted by Gasteiger charge is 2.66. The number of halogens is 1. The molecule has 7 atom stereocenters. The number of ether oxygens (including phenoxy) is 1. The second-order valence-electron chi connectivity index (χ2n) is 13.0. The minimum absolute atomic E-state index is 0.0365. The predicted octanol–water partition coefficient (Wildman–Crippen LogP) is 7.67. The molecule has 5 aliphatic rings. The first-order valence-electron chi connectivity index (χ1n) is 14.9. The number of pyridine rings is 1. The van der Waals surface area contributed by atoms with Crippen LogP contribution in [0.15, 0.2) is 60.0 Å². The first-order chi connectivity index (χ1) is 18.4. The van der Waals surface area contributed by atoms with Crippen molar-refractivity contribution in [1.29, 1.82) is 0 Å². The van der Waals surface area contributed by atoms with Gasteiger partial charge in [0.1, 0.15) is 6.17 Å². The van der Waals surface area contributed by atoms with Crippen molar-refractivity contribution in [3.05, 3.63) is 65.5 Å². The van der Waals surface area contributed by atoms with E-state index in [9.17, 15) is 9.60 Å². The monoisotopic (exact) mass is 516 g/mol. The molecule has 202 valence electrons. The van der Waals surface area contributed by atoms with Crippen LogP contribution in [0, 0.1) is 11.3 Å². The van der Waals surface area contributed by atoms with Crippen LogP contribution in [0.2, 0.25) is 0 Å². The summed E-state index contributed by atoms with van der Waals surface area (Å²) in [6.07, 6.45) is 17.2. The van der Waals surface area contributed by atoms with Crippen molar-refractivity contribution >= 4 is 10.8 Å². The number of aromatic nitrogens is 1. The number of hydroxylamine groups is 2. The van der Waals surface area contributed by atoms with Gasteiger partial charge < -0.3 is 9.94 Å². The molecule has 1 saturated heterocycles. The van der Waals surface area contributed by atoms with E-state index in [1.54, 1.807) is 0 Å². The number of hydrogen-bond acceptors (Lipinski definition) is 4. The van der Waals surface area contributed by atoms with Crippen LogP contribution in [0.3, 0.4) is 0 Å². The van der Waals surface area contributed by atoms with E-state index in [0.717, 1.165) is 38.5 Å². The van der Waals surface area contributed by atoms with Crippen molar-refractivity contribution in [2.24, 2.45) is 11.3 Å². The number of fused-ring (bicyclic) bond motifs is 2. The van der Waals surface area contributed by atoms with Gasteiger partial charge in [-0.15, -0.1) is 0 Å². The maximum Gasteiger partial charge on any atom is 0.101 e. The van der Waals surface area contributed by atoms with Crippen LogP contribution in [-0.4, -0.2) is 45.2 Å². The lowest BCUT2D eigenvalue weighted by molar-refractivity contribution is -0.178. The molecule has 2 bridgehead atoms. The van der Waals surface area contributed by atoms with Crippen molar-refractivity contribution in [3.63, 3.8) is 0 Å². The molecule has 1 aromatic heterocycles. The van der Waals surface area contributed by atoms with E-state index >= 15 is 0 Å². The third kappa shape index (κ3) is 3.61. The molecule has 38 heavy (non-hydrogen) atoms. The molecule has 3 fully saturated rings. The van der Waals surface area contributed by atoms with Gasteiger partial charge in [0.2, 0.25) is 0 Å². The lowest BCUT2D eigenvalue weighted by Crippen LogP contribution is -2.55. The molecule has 7 rings (SSSR count). The molecule has 0 amide bonds. The summed E-state index contributed by atoms with van der Waals surface area (Å²) >= 11 is 0. The minimum Gasteiger partial charge on any atom is -0.359 e. The van der Waals surface area contributed by atoms with E-state index < -0.39 is 6.17 Å². The van der Waals surface area contributed by atoms with Crippen molar-refractivity contribution in [1.82, 2.24) is 10.0 Å². The number of rotatable bonds is 6. The van der Waals surface area contributed by atoms with E-state index in [1.807, 2.05) is 19.3 Å². The molecule has 3 aliphatic carbocycles. The maximum atomic E-state index is 13.9. The van der Waals surface area contributed by atoms with Gasteiger partial charge in [-0.25, -0.2) is 4.39 Å². The van der Waals surface area contributed by atoms with Crippen LogP contribution < -0.4 is 0 Å². The van der Waals surface area contributed by atoms with Gasteiger partial charge in [-0.2, -0.15) is 5.06 Å². The topological polar surface area (TPSA) is 45.6 Å². The standard InChI is InChI=1S/C33H41FN2O2/c1-3-27(34)12-17-36(37)28-7-6-25-19-26-10-13-31(2)29(23-5-4-22-11-16-35-21-24(22)18-23)8-9-30(31)33(26)15-14-32(25,20-28)38-33/h4-5,10-11,16,18-19,21,27-30,37H,3,6-9,12-15,17,20H2,1-2H3/t27-,28+,29-,30-,31-,32?,33-/m1/s1. The average Bonchev–Trinajstić information content (AvgIpc) is 3.45. The van der Waals surface area contributed by atoms with E-state index in [1.165, 1.54) is 45.4 Å². The molecule has 2 spiro atoms. The molecule has 0 radical (unpaired) electrons. The third-order valence-corrected chi connectivity index (χ3v) is 11.3. The molecular formula is C33H41FN2O2. The van der Waals surface area contributed by atoms with E-state index in [-0.39, 0.29) is 22.7 Å². The summed E-state index contributed by atoms with van der Waals surface area (Å²) in [7, 11) is 0. The van der Waals surface area contributed by atoms with Crippen molar-refractivity contribution in [2.45, 2.75) is 107 Å². The summed E-state index contributed by atoms with van der Waals surface area (Å²) in [5.41, 5.74) is 3.97. The lowest BCUT2D eigenvalue weighted by Gasteiger charge is -2.54. The third-order valence-electron chi connectivity index (χ3n) is 11.3. The molecule has 1 N–H and O–H groups in total. The Bertz CT molecular complexity index is 1310. The lowest BCUT2D eigenvalue weighted by atomic mass is 9.58. The summed E-state index contributed by atoms with van der Waals surface area (Å²) in [5.74, 6) is 0.998. The van der Waals surface area contributed by atoms with Crippen LogP contribution >= 0.6 is 0 Å². The first-order valence-corrected chi connectivity index (χ1v) is 14.9. The molecule has 2 saturated carbocycles. The maximum absolute atomic E-state index is 13.9. The quantitative estimate of drug-likeness (QED) is 0.400. The molecule has 2 aromatic rings. The molecular weight excluding hydrogens is 475 g/mol. The number of hydrogen-bond donors (Lipinski definition) is 1. The smallest absolute Gasteiger partial charge is 0.101 e. The normalized spacial score (nSPS) is 38.4. The van der Waals surface area contributed by atoms with Gasteiger partial charge in [0, 0.05) is 30.4 Å². The molecule has 2 aliphatic heterocycles. The Kier molecular flexibility index (Phi) is 5.88. The highest BCUT2D eigenvalue weighted by molar-refractivity contribution is 5.82. The largest absolute Gasteiger partial charge is 0.359 e. The highest BCUT2D eigenvalue weighted by Crippen LogP contribution is 2.69. The van der Waals surface area contributed by atoms with Gasteiger partial charge >= 0.3 is 0 Å². The Labute approximate surface area is 225 Å². The zero-order valence-electron chi connectivity index (χ0n) is 22.8. The predicted molar refractivity (Wildman–Crippen MR) is 148 cm³/mol. The number of nitrogens with zero attached hydrogens (tertiary/aromatic N) is 2. The molecule has 5 heteroatoms. The molecule has 3 heterocycles. The Morgan fingerprint density at radius 3 is 2.95 bits per heavy atom. The zero-order valence-corrected chi connectivity index (χ0v) is 22.8. The Balaban J connectivity index is 1.17. The van der Waals surface area contributed by atoms with E-state index in [4.69, 9.17) is 4.74 Å². The fourth-order valence-electron chi connectivity index (χ4n) is 9.16. The SMILES string of the molecule is CC[C@@H](F)CCN(O)[C@H]1CCC2=CC3=CC[C@]4(C)[C@@H](c5ccc6ccncc6c5)CC[C@H]4[C@@]34CCC2(C1)O4. The van der Waals surface area contributed by atoms with Crippen LogP contribution in [0.4, 0.5) is 4.39 Å².